The van der Waals surface area contributed by atoms with Crippen LogP contribution in [-0.2, 0) is 16.0 Å². The molecule has 0 radical (unpaired) electrons. The van der Waals surface area contributed by atoms with E-state index in [2.05, 4.69) is 4.98 Å². The smallest absolute Gasteiger partial charge is 0.314 e. The second-order valence-electron chi connectivity index (χ2n) is 6.50. The minimum absolute atomic E-state index is 0.0769. The van der Waals surface area contributed by atoms with E-state index in [0.29, 0.717) is 42.4 Å². The van der Waals surface area contributed by atoms with Gasteiger partial charge < -0.3 is 9.64 Å². The van der Waals surface area contributed by atoms with Gasteiger partial charge in [0.2, 0.25) is 0 Å². The van der Waals surface area contributed by atoms with Crippen molar-refractivity contribution in [2.45, 2.75) is 26.2 Å². The van der Waals surface area contributed by atoms with Gasteiger partial charge in [0.15, 0.2) is 0 Å². The molecule has 7 heteroatoms. The molecule has 0 saturated carbocycles. The van der Waals surface area contributed by atoms with Crippen LogP contribution in [0.1, 0.15) is 35.0 Å². The van der Waals surface area contributed by atoms with Crippen molar-refractivity contribution in [3.63, 3.8) is 0 Å². The van der Waals surface area contributed by atoms with E-state index in [9.17, 15) is 9.59 Å². The standard InChI is InChI=1S/C19H21ClN2O3S/c1-2-25-18(24)19(10-14-5-3-6-15(20)9-14)7-4-8-22(12-19)17(23)16-11-21-13-26-16/h3,5-6,9,11,13H,2,4,7-8,10,12H2,1H3. The summed E-state index contributed by atoms with van der Waals surface area (Å²) < 4.78 is 5.39. The SMILES string of the molecule is CCOC(=O)C1(Cc2cccc(Cl)c2)CCCN(C(=O)c2cncs2)C1. The molecule has 1 aromatic heterocycles. The highest BCUT2D eigenvalue weighted by Crippen LogP contribution is 2.36. The maximum atomic E-state index is 12.9. The zero-order valence-corrected chi connectivity index (χ0v) is 16.2. The van der Waals surface area contributed by atoms with E-state index in [-0.39, 0.29) is 11.9 Å². The van der Waals surface area contributed by atoms with E-state index < -0.39 is 5.41 Å². The molecule has 3 rings (SSSR count). The van der Waals surface area contributed by atoms with Gasteiger partial charge in [0.05, 0.1) is 23.7 Å². The molecule has 1 unspecified atom stereocenters. The van der Waals surface area contributed by atoms with Crippen LogP contribution in [0, 0.1) is 5.41 Å². The lowest BCUT2D eigenvalue weighted by Crippen LogP contribution is -2.51. The van der Waals surface area contributed by atoms with Gasteiger partial charge in [0, 0.05) is 18.1 Å². The van der Waals surface area contributed by atoms with Crippen LogP contribution < -0.4 is 0 Å². The summed E-state index contributed by atoms with van der Waals surface area (Å²) in [6.45, 7) is 3.09. The fourth-order valence-electron chi connectivity index (χ4n) is 3.49. The number of thiazole rings is 1. The van der Waals surface area contributed by atoms with Crippen LogP contribution in [0.3, 0.4) is 0 Å². The predicted octanol–water partition coefficient (Wildman–Crippen LogP) is 3.82. The third kappa shape index (κ3) is 4.07. The Morgan fingerprint density at radius 3 is 2.96 bits per heavy atom. The maximum Gasteiger partial charge on any atom is 0.314 e. The van der Waals surface area contributed by atoms with Crippen LogP contribution in [0.25, 0.3) is 0 Å². The van der Waals surface area contributed by atoms with Crippen molar-refractivity contribution in [1.82, 2.24) is 9.88 Å². The number of ether oxygens (including phenoxy) is 1. The molecule has 2 heterocycles. The molecule has 5 nitrogen and oxygen atoms in total. The van der Waals surface area contributed by atoms with Gasteiger partial charge in [-0.1, -0.05) is 23.7 Å². The van der Waals surface area contributed by atoms with Gasteiger partial charge in [-0.25, -0.2) is 0 Å². The van der Waals surface area contributed by atoms with Crippen LogP contribution in [0.2, 0.25) is 5.02 Å². The first-order valence-corrected chi connectivity index (χ1v) is 9.89. The third-order valence-electron chi connectivity index (χ3n) is 4.65. The van der Waals surface area contributed by atoms with Crippen LogP contribution in [0.5, 0.6) is 0 Å². The molecule has 1 aliphatic heterocycles. The summed E-state index contributed by atoms with van der Waals surface area (Å²) in [6.07, 6.45) is 3.51. The molecule has 1 fully saturated rings. The Hall–Kier alpha value is -1.92. The quantitative estimate of drug-likeness (QED) is 0.725. The first-order valence-electron chi connectivity index (χ1n) is 8.63. The molecule has 1 amide bonds. The molecule has 0 bridgehead atoms. The minimum Gasteiger partial charge on any atom is -0.466 e. The Labute approximate surface area is 161 Å². The van der Waals surface area contributed by atoms with Crippen LogP contribution in [0.4, 0.5) is 0 Å². The molecule has 2 aromatic rings. The Balaban J connectivity index is 1.87. The summed E-state index contributed by atoms with van der Waals surface area (Å²) in [6, 6.07) is 7.51. The molecule has 1 aromatic carbocycles. The zero-order valence-electron chi connectivity index (χ0n) is 14.6. The average molecular weight is 393 g/mol. The molecule has 1 saturated heterocycles. The van der Waals surface area contributed by atoms with Crippen molar-refractivity contribution in [3.05, 3.63) is 51.4 Å². The number of nitrogens with zero attached hydrogens (tertiary/aromatic N) is 2. The number of likely N-dealkylation sites (tertiary alicyclic amines) is 1. The molecule has 0 spiro atoms. The summed E-state index contributed by atoms with van der Waals surface area (Å²) in [4.78, 5) is 31.9. The van der Waals surface area contributed by atoms with Gasteiger partial charge in [-0.3, -0.25) is 14.6 Å². The van der Waals surface area contributed by atoms with Gasteiger partial charge in [-0.2, -0.15) is 0 Å². The number of hydrogen-bond donors (Lipinski definition) is 0. The average Bonchev–Trinajstić information content (AvgIpc) is 3.16. The molecule has 1 aliphatic rings. The van der Waals surface area contributed by atoms with Crippen molar-refractivity contribution in [1.29, 1.82) is 0 Å². The number of esters is 1. The fourth-order valence-corrected chi connectivity index (χ4v) is 4.29. The molecule has 0 N–H and O–H groups in total. The number of halogens is 1. The minimum atomic E-state index is -0.751. The number of benzene rings is 1. The maximum absolute atomic E-state index is 12.9. The molecule has 0 aliphatic carbocycles. The molecule has 138 valence electrons. The zero-order chi connectivity index (χ0) is 18.6. The van der Waals surface area contributed by atoms with E-state index in [1.165, 1.54) is 11.3 Å². The van der Waals surface area contributed by atoms with Crippen LogP contribution >= 0.6 is 22.9 Å². The van der Waals surface area contributed by atoms with E-state index in [0.717, 1.165) is 12.0 Å². The molecular weight excluding hydrogens is 372 g/mol. The van der Waals surface area contributed by atoms with Crippen molar-refractivity contribution >= 4 is 34.8 Å². The van der Waals surface area contributed by atoms with E-state index in [4.69, 9.17) is 16.3 Å². The van der Waals surface area contributed by atoms with E-state index >= 15 is 0 Å². The number of piperidine rings is 1. The normalized spacial score (nSPS) is 20.0. The topological polar surface area (TPSA) is 59.5 Å². The summed E-state index contributed by atoms with van der Waals surface area (Å²) in [7, 11) is 0. The van der Waals surface area contributed by atoms with Crippen molar-refractivity contribution < 1.29 is 14.3 Å². The van der Waals surface area contributed by atoms with Crippen LogP contribution in [-0.4, -0.2) is 41.5 Å². The number of rotatable bonds is 5. The highest BCUT2D eigenvalue weighted by Gasteiger charge is 2.45. The van der Waals surface area contributed by atoms with E-state index in [1.807, 2.05) is 24.3 Å². The second-order valence-corrected chi connectivity index (χ2v) is 7.83. The van der Waals surface area contributed by atoms with Gasteiger partial charge in [0.1, 0.15) is 4.88 Å². The molecular formula is C19H21ClN2O3S. The number of hydrogen-bond acceptors (Lipinski definition) is 5. The summed E-state index contributed by atoms with van der Waals surface area (Å²) in [5.41, 5.74) is 1.86. The van der Waals surface area contributed by atoms with Crippen molar-refractivity contribution in [3.8, 4) is 0 Å². The van der Waals surface area contributed by atoms with Crippen LogP contribution in [0.15, 0.2) is 36.0 Å². The highest BCUT2D eigenvalue weighted by atomic mass is 35.5. The number of carbonyl (C=O) groups is 2. The number of amides is 1. The lowest BCUT2D eigenvalue weighted by atomic mass is 9.75. The first kappa shape index (κ1) is 18.9. The Morgan fingerprint density at radius 2 is 2.27 bits per heavy atom. The number of aromatic nitrogens is 1. The Bertz CT molecular complexity index is 781. The Kier molecular flexibility index (Phi) is 5.94. The monoisotopic (exact) mass is 392 g/mol. The van der Waals surface area contributed by atoms with Crippen molar-refractivity contribution in [2.24, 2.45) is 5.41 Å². The van der Waals surface area contributed by atoms with Gasteiger partial charge in [0.25, 0.3) is 5.91 Å². The number of carbonyl (C=O) groups excluding carboxylic acids is 2. The van der Waals surface area contributed by atoms with Crippen molar-refractivity contribution in [2.75, 3.05) is 19.7 Å². The highest BCUT2D eigenvalue weighted by molar-refractivity contribution is 7.11. The summed E-state index contributed by atoms with van der Waals surface area (Å²) in [5.74, 6) is -0.325. The fraction of sp³-hybridized carbons (Fsp3) is 0.421. The first-order chi connectivity index (χ1) is 12.5. The van der Waals surface area contributed by atoms with Gasteiger partial charge >= 0.3 is 5.97 Å². The predicted molar refractivity (Wildman–Crippen MR) is 101 cm³/mol. The summed E-state index contributed by atoms with van der Waals surface area (Å²) >= 11 is 7.42. The second kappa shape index (κ2) is 8.18. The van der Waals surface area contributed by atoms with Gasteiger partial charge in [-0.05, 0) is 43.9 Å². The summed E-state index contributed by atoms with van der Waals surface area (Å²) in [5, 5.41) is 0.634. The van der Waals surface area contributed by atoms with Gasteiger partial charge in [-0.15, -0.1) is 11.3 Å². The lowest BCUT2D eigenvalue weighted by Gasteiger charge is -2.41. The Morgan fingerprint density at radius 1 is 1.42 bits per heavy atom. The lowest BCUT2D eigenvalue weighted by molar-refractivity contribution is -0.158. The molecule has 26 heavy (non-hydrogen) atoms. The molecule has 1 atom stereocenters. The third-order valence-corrected chi connectivity index (χ3v) is 5.64. The van der Waals surface area contributed by atoms with E-state index in [1.54, 1.807) is 23.5 Å². The largest absolute Gasteiger partial charge is 0.466 e.